The Morgan fingerprint density at radius 1 is 1.00 bits per heavy atom. The van der Waals surface area contributed by atoms with Crippen LogP contribution in [0.3, 0.4) is 0 Å². The molecule has 1 aromatic rings. The fourth-order valence-electron chi connectivity index (χ4n) is 3.73. The molecule has 150 valence electrons. The summed E-state index contributed by atoms with van der Waals surface area (Å²) >= 11 is 0. The lowest BCUT2D eigenvalue weighted by Gasteiger charge is -2.42. The van der Waals surface area contributed by atoms with Gasteiger partial charge in [0.25, 0.3) is 5.91 Å². The van der Waals surface area contributed by atoms with E-state index in [9.17, 15) is 18.4 Å². The number of amides is 2. The quantitative estimate of drug-likeness (QED) is 0.545. The normalized spacial score (nSPS) is 25.1. The topological polar surface area (TPSA) is 58.2 Å². The molecule has 0 bridgehead atoms. The molecule has 0 heterocycles. The van der Waals surface area contributed by atoms with Crippen LogP contribution in [0, 0.1) is 22.5 Å². The smallest absolute Gasteiger partial charge is 0.273 e. The Bertz CT molecular complexity index is 663. The summed E-state index contributed by atoms with van der Waals surface area (Å²) in [7, 11) is 0. The second-order valence-corrected chi connectivity index (χ2v) is 8.33. The Kier molecular flexibility index (Phi) is 6.95. The summed E-state index contributed by atoms with van der Waals surface area (Å²) in [5.41, 5.74) is 3.47. The highest BCUT2D eigenvalue weighted by Gasteiger charge is 2.41. The maximum atomic E-state index is 13.7. The molecular weight excluding hydrogens is 350 g/mol. The molecule has 1 aliphatic carbocycles. The lowest BCUT2D eigenvalue weighted by molar-refractivity contribution is -0.134. The molecule has 6 heteroatoms. The number of hydrogen-bond acceptors (Lipinski definition) is 2. The van der Waals surface area contributed by atoms with Gasteiger partial charge in [0.2, 0.25) is 5.91 Å². The van der Waals surface area contributed by atoms with E-state index in [1.54, 1.807) is 0 Å². The van der Waals surface area contributed by atoms with Gasteiger partial charge in [0.15, 0.2) is 0 Å². The number of benzene rings is 1. The summed E-state index contributed by atoms with van der Waals surface area (Å²) in [5.74, 6) is -3.24. The minimum absolute atomic E-state index is 0.258. The molecule has 0 atom stereocenters. The van der Waals surface area contributed by atoms with Crippen LogP contribution in [0.1, 0.15) is 82.5 Å². The molecule has 2 amide bonds. The zero-order valence-corrected chi connectivity index (χ0v) is 16.5. The standard InChI is InChI=1S/C21H30F2N2O2/c1-4-5-6-10-20(2)11-13-21(3,14-12-20)19(27)25-24-18(26)17-15(22)8-7-9-16(17)23/h7-9H,4-6,10-14H2,1-3H3,(H,24,26)(H,25,27). The second kappa shape index (κ2) is 8.81. The number of rotatable bonds is 6. The first-order valence-electron chi connectivity index (χ1n) is 9.76. The number of unbranched alkanes of at least 4 members (excludes halogenated alkanes) is 2. The first kappa shape index (κ1) is 21.3. The Hall–Kier alpha value is -1.98. The van der Waals surface area contributed by atoms with E-state index in [4.69, 9.17) is 0 Å². The summed E-state index contributed by atoms with van der Waals surface area (Å²) in [6.45, 7) is 6.35. The summed E-state index contributed by atoms with van der Waals surface area (Å²) in [6, 6.07) is 3.18. The third kappa shape index (κ3) is 5.27. The van der Waals surface area contributed by atoms with Crippen molar-refractivity contribution >= 4 is 11.8 Å². The molecule has 0 aromatic heterocycles. The molecule has 2 N–H and O–H groups in total. The van der Waals surface area contributed by atoms with E-state index in [1.165, 1.54) is 31.7 Å². The van der Waals surface area contributed by atoms with Crippen LogP contribution in [-0.4, -0.2) is 11.8 Å². The van der Waals surface area contributed by atoms with E-state index >= 15 is 0 Å². The van der Waals surface area contributed by atoms with Crippen molar-refractivity contribution in [1.29, 1.82) is 0 Å². The minimum Gasteiger partial charge on any atom is -0.273 e. The molecule has 0 unspecified atom stereocenters. The molecule has 1 fully saturated rings. The highest BCUT2D eigenvalue weighted by Crippen LogP contribution is 2.47. The zero-order chi connectivity index (χ0) is 20.1. The molecule has 0 aliphatic heterocycles. The summed E-state index contributed by atoms with van der Waals surface area (Å²) in [6.07, 6.45) is 8.16. The van der Waals surface area contributed by atoms with Crippen molar-refractivity contribution in [2.45, 2.75) is 72.1 Å². The average Bonchev–Trinajstić information content (AvgIpc) is 2.62. The van der Waals surface area contributed by atoms with Crippen LogP contribution in [-0.2, 0) is 4.79 Å². The van der Waals surface area contributed by atoms with Crippen molar-refractivity contribution in [2.24, 2.45) is 10.8 Å². The monoisotopic (exact) mass is 380 g/mol. The van der Waals surface area contributed by atoms with Crippen molar-refractivity contribution in [3.8, 4) is 0 Å². The summed E-state index contributed by atoms with van der Waals surface area (Å²) < 4.78 is 27.3. The summed E-state index contributed by atoms with van der Waals surface area (Å²) in [4.78, 5) is 24.6. The van der Waals surface area contributed by atoms with Gasteiger partial charge in [0.1, 0.15) is 17.2 Å². The van der Waals surface area contributed by atoms with Crippen LogP contribution < -0.4 is 10.9 Å². The molecule has 27 heavy (non-hydrogen) atoms. The van der Waals surface area contributed by atoms with Gasteiger partial charge in [-0.3, -0.25) is 20.4 Å². The van der Waals surface area contributed by atoms with Crippen molar-refractivity contribution in [1.82, 2.24) is 10.9 Å². The fourth-order valence-corrected chi connectivity index (χ4v) is 3.73. The van der Waals surface area contributed by atoms with Crippen LogP contribution in [0.2, 0.25) is 0 Å². The molecule has 2 rings (SSSR count). The lowest BCUT2D eigenvalue weighted by atomic mass is 9.63. The number of nitrogens with one attached hydrogen (secondary N) is 2. The van der Waals surface area contributed by atoms with Gasteiger partial charge in [0, 0.05) is 5.41 Å². The van der Waals surface area contributed by atoms with Crippen LogP contribution >= 0.6 is 0 Å². The Morgan fingerprint density at radius 2 is 1.59 bits per heavy atom. The van der Waals surface area contributed by atoms with Crippen molar-refractivity contribution in [2.75, 3.05) is 0 Å². The maximum absolute atomic E-state index is 13.7. The third-order valence-electron chi connectivity index (χ3n) is 5.97. The number of halogens is 2. The van der Waals surface area contributed by atoms with Gasteiger partial charge in [0.05, 0.1) is 0 Å². The predicted octanol–water partition coefficient (Wildman–Crippen LogP) is 4.89. The Labute approximate surface area is 160 Å². The first-order valence-corrected chi connectivity index (χ1v) is 9.76. The maximum Gasteiger partial charge on any atom is 0.275 e. The lowest BCUT2D eigenvalue weighted by Crippen LogP contribution is -2.50. The van der Waals surface area contributed by atoms with Crippen molar-refractivity contribution < 1.29 is 18.4 Å². The van der Waals surface area contributed by atoms with Crippen molar-refractivity contribution in [3.05, 3.63) is 35.4 Å². The molecule has 1 saturated carbocycles. The van der Waals surface area contributed by atoms with Gasteiger partial charge in [-0.15, -0.1) is 0 Å². The summed E-state index contributed by atoms with van der Waals surface area (Å²) in [5, 5.41) is 0. The minimum atomic E-state index is -0.997. The van der Waals surface area contributed by atoms with Gasteiger partial charge in [-0.05, 0) is 49.7 Å². The molecular formula is C21H30F2N2O2. The van der Waals surface area contributed by atoms with Crippen molar-refractivity contribution in [3.63, 3.8) is 0 Å². The second-order valence-electron chi connectivity index (χ2n) is 8.33. The van der Waals surface area contributed by atoms with E-state index in [1.807, 2.05) is 6.92 Å². The molecule has 0 saturated heterocycles. The number of carbonyl (C=O) groups is 2. The highest BCUT2D eigenvalue weighted by atomic mass is 19.1. The molecule has 4 nitrogen and oxygen atoms in total. The number of carbonyl (C=O) groups excluding carboxylic acids is 2. The number of hydrogen-bond donors (Lipinski definition) is 2. The highest BCUT2D eigenvalue weighted by molar-refractivity contribution is 5.96. The average molecular weight is 380 g/mol. The van der Waals surface area contributed by atoms with E-state index in [0.29, 0.717) is 0 Å². The van der Waals surface area contributed by atoms with Gasteiger partial charge in [-0.2, -0.15) is 0 Å². The first-order chi connectivity index (χ1) is 12.7. The molecule has 0 spiro atoms. The van der Waals surface area contributed by atoms with Gasteiger partial charge >= 0.3 is 0 Å². The molecule has 0 radical (unpaired) electrons. The van der Waals surface area contributed by atoms with Crippen LogP contribution in [0.15, 0.2) is 18.2 Å². The van der Waals surface area contributed by atoms with Crippen LogP contribution in [0.4, 0.5) is 8.78 Å². The Balaban J connectivity index is 1.90. The fraction of sp³-hybridized carbons (Fsp3) is 0.619. The van der Waals surface area contributed by atoms with E-state index in [2.05, 4.69) is 24.7 Å². The predicted molar refractivity (Wildman–Crippen MR) is 101 cm³/mol. The van der Waals surface area contributed by atoms with E-state index in [-0.39, 0.29) is 11.3 Å². The van der Waals surface area contributed by atoms with Gasteiger partial charge < -0.3 is 0 Å². The third-order valence-corrected chi connectivity index (χ3v) is 5.97. The van der Waals surface area contributed by atoms with E-state index in [0.717, 1.165) is 37.8 Å². The SMILES string of the molecule is CCCCCC1(C)CCC(C)(C(=O)NNC(=O)c2c(F)cccc2F)CC1. The molecule has 1 aromatic carbocycles. The van der Waals surface area contributed by atoms with Gasteiger partial charge in [-0.25, -0.2) is 8.78 Å². The number of hydrazine groups is 1. The van der Waals surface area contributed by atoms with E-state index < -0.39 is 28.5 Å². The Morgan fingerprint density at radius 3 is 2.15 bits per heavy atom. The molecule has 1 aliphatic rings. The van der Waals surface area contributed by atoms with Gasteiger partial charge in [-0.1, -0.05) is 46.1 Å². The van der Waals surface area contributed by atoms with Crippen LogP contribution in [0.5, 0.6) is 0 Å². The van der Waals surface area contributed by atoms with Crippen LogP contribution in [0.25, 0.3) is 0 Å². The zero-order valence-electron chi connectivity index (χ0n) is 16.5. The largest absolute Gasteiger partial charge is 0.275 e.